The lowest BCUT2D eigenvalue weighted by Crippen LogP contribution is -2.52. The van der Waals surface area contributed by atoms with Crippen molar-refractivity contribution in [1.29, 1.82) is 0 Å². The first kappa shape index (κ1) is 16.0. The molecule has 114 valence electrons. The van der Waals surface area contributed by atoms with Crippen LogP contribution in [0, 0.1) is 0 Å². The summed E-state index contributed by atoms with van der Waals surface area (Å²) >= 11 is 0. The van der Waals surface area contributed by atoms with Gasteiger partial charge in [-0.05, 0) is 0 Å². The molecule has 0 spiro atoms. The van der Waals surface area contributed by atoms with Crippen LogP contribution in [0.15, 0.2) is 41.4 Å². The molecule has 0 atom stereocenters. The highest BCUT2D eigenvalue weighted by Gasteiger charge is 2.37. The largest absolute Gasteiger partial charge is 0.447 e. The number of amides is 1. The quantitative estimate of drug-likeness (QED) is 0.797. The summed E-state index contributed by atoms with van der Waals surface area (Å²) in [4.78, 5) is 15.0. The van der Waals surface area contributed by atoms with E-state index < -0.39 is 16.1 Å². The Morgan fingerprint density at radius 3 is 2.24 bits per heavy atom. The molecule has 0 aromatic heterocycles. The molecule has 0 aliphatic carbocycles. The molecule has 1 aromatic rings. The van der Waals surface area contributed by atoms with Gasteiger partial charge in [0, 0.05) is 6.20 Å². The van der Waals surface area contributed by atoms with E-state index in [9.17, 15) is 4.79 Å². The van der Waals surface area contributed by atoms with E-state index >= 15 is 0 Å². The van der Waals surface area contributed by atoms with Crippen molar-refractivity contribution in [3.8, 4) is 0 Å². The minimum absolute atomic E-state index is 0.205. The Bertz CT molecular complexity index is 547. The maximum atomic E-state index is 11.8. The molecule has 1 fully saturated rings. The molecule has 21 heavy (non-hydrogen) atoms. The standard InChI is InChI=1S/C16H25NO2Si2/c1-20(2,3)15(13-17-11-12-19-16(17)18)21(4,5)14-9-7-6-8-10-14/h6-10,13H,11-12H2,1-5H3/b15-13+. The maximum Gasteiger partial charge on any atom is 0.413 e. The third-order valence-electron chi connectivity index (χ3n) is 4.05. The van der Waals surface area contributed by atoms with Gasteiger partial charge in [0.05, 0.1) is 14.6 Å². The highest BCUT2D eigenvalue weighted by Crippen LogP contribution is 2.26. The van der Waals surface area contributed by atoms with Gasteiger partial charge in [0.25, 0.3) is 0 Å². The van der Waals surface area contributed by atoms with Gasteiger partial charge in [-0.15, -0.1) is 0 Å². The first-order valence-corrected chi connectivity index (χ1v) is 13.9. The zero-order chi connectivity index (χ0) is 15.7. The number of carbonyl (C=O) groups is 1. The molecular formula is C16H25NO2Si2. The topological polar surface area (TPSA) is 29.5 Å². The molecule has 0 bridgehead atoms. The fraction of sp³-hybridized carbons (Fsp3) is 0.438. The van der Waals surface area contributed by atoms with Gasteiger partial charge in [-0.3, -0.25) is 4.90 Å². The summed E-state index contributed by atoms with van der Waals surface area (Å²) in [5.74, 6) is 0. The van der Waals surface area contributed by atoms with Crippen molar-refractivity contribution >= 4 is 27.4 Å². The third-order valence-corrected chi connectivity index (χ3v) is 13.2. The number of hydrogen-bond donors (Lipinski definition) is 0. The first-order chi connectivity index (χ1) is 9.73. The van der Waals surface area contributed by atoms with Gasteiger partial charge < -0.3 is 4.74 Å². The van der Waals surface area contributed by atoms with Gasteiger partial charge in [-0.1, -0.05) is 73.1 Å². The van der Waals surface area contributed by atoms with Gasteiger partial charge in [-0.25, -0.2) is 4.79 Å². The van der Waals surface area contributed by atoms with E-state index in [1.807, 2.05) is 0 Å². The van der Waals surface area contributed by atoms with E-state index in [1.165, 1.54) is 10.0 Å². The molecule has 1 aliphatic heterocycles. The van der Waals surface area contributed by atoms with Crippen LogP contribution in [-0.2, 0) is 4.74 Å². The van der Waals surface area contributed by atoms with Gasteiger partial charge in [0.2, 0.25) is 0 Å². The van der Waals surface area contributed by atoms with E-state index in [2.05, 4.69) is 69.3 Å². The lowest BCUT2D eigenvalue weighted by atomic mass is 10.4. The predicted molar refractivity (Wildman–Crippen MR) is 93.0 cm³/mol. The second kappa shape index (κ2) is 5.81. The number of rotatable bonds is 4. The molecule has 0 radical (unpaired) electrons. The summed E-state index contributed by atoms with van der Waals surface area (Å²) in [5, 5.41) is 1.42. The Kier molecular flexibility index (Phi) is 4.44. The smallest absolute Gasteiger partial charge is 0.413 e. The zero-order valence-electron chi connectivity index (χ0n) is 13.6. The lowest BCUT2D eigenvalue weighted by Gasteiger charge is -2.35. The first-order valence-electron chi connectivity index (χ1n) is 7.44. The van der Waals surface area contributed by atoms with Crippen LogP contribution < -0.4 is 5.19 Å². The van der Waals surface area contributed by atoms with Crippen molar-refractivity contribution in [2.45, 2.75) is 32.7 Å². The number of ether oxygens (including phenoxy) is 1. The molecule has 1 aromatic carbocycles. The molecule has 0 N–H and O–H groups in total. The molecule has 0 unspecified atom stereocenters. The van der Waals surface area contributed by atoms with Crippen LogP contribution in [0.3, 0.4) is 0 Å². The van der Waals surface area contributed by atoms with Gasteiger partial charge in [0.1, 0.15) is 14.7 Å². The van der Waals surface area contributed by atoms with Gasteiger partial charge >= 0.3 is 6.09 Å². The monoisotopic (exact) mass is 319 g/mol. The van der Waals surface area contributed by atoms with E-state index in [1.54, 1.807) is 4.90 Å². The van der Waals surface area contributed by atoms with Crippen LogP contribution >= 0.6 is 0 Å². The van der Waals surface area contributed by atoms with Crippen LogP contribution in [-0.4, -0.2) is 40.3 Å². The Hall–Kier alpha value is -1.34. The number of nitrogens with zero attached hydrogens (tertiary/aromatic N) is 1. The lowest BCUT2D eigenvalue weighted by molar-refractivity contribution is 0.166. The average Bonchev–Trinajstić information content (AvgIpc) is 2.81. The van der Waals surface area contributed by atoms with Crippen molar-refractivity contribution in [2.75, 3.05) is 13.2 Å². The van der Waals surface area contributed by atoms with Crippen molar-refractivity contribution < 1.29 is 9.53 Å². The van der Waals surface area contributed by atoms with Crippen molar-refractivity contribution in [2.24, 2.45) is 0 Å². The fourth-order valence-electron chi connectivity index (χ4n) is 2.98. The summed E-state index contributed by atoms with van der Waals surface area (Å²) in [7, 11) is -3.30. The highest BCUT2D eigenvalue weighted by atomic mass is 28.4. The number of cyclic esters (lactones) is 1. The summed E-state index contributed by atoms with van der Waals surface area (Å²) in [6, 6.07) is 10.7. The van der Waals surface area contributed by atoms with E-state index in [-0.39, 0.29) is 6.09 Å². The van der Waals surface area contributed by atoms with Crippen molar-refractivity contribution in [3.05, 3.63) is 41.4 Å². The molecule has 1 amide bonds. The highest BCUT2D eigenvalue weighted by molar-refractivity contribution is 7.10. The molecule has 5 heteroatoms. The Labute approximate surface area is 129 Å². The predicted octanol–water partition coefficient (Wildman–Crippen LogP) is 3.35. The van der Waals surface area contributed by atoms with Crippen LogP contribution in [0.5, 0.6) is 0 Å². The zero-order valence-corrected chi connectivity index (χ0v) is 15.6. The number of carbonyl (C=O) groups excluding carboxylic acids is 1. The van der Waals surface area contributed by atoms with E-state index in [0.29, 0.717) is 13.2 Å². The minimum Gasteiger partial charge on any atom is -0.447 e. The molecule has 1 heterocycles. The number of benzene rings is 1. The Balaban J connectivity index is 2.46. The Morgan fingerprint density at radius 2 is 1.76 bits per heavy atom. The van der Waals surface area contributed by atoms with E-state index in [4.69, 9.17) is 4.74 Å². The van der Waals surface area contributed by atoms with E-state index in [0.717, 1.165) is 0 Å². The average molecular weight is 320 g/mol. The van der Waals surface area contributed by atoms with Crippen LogP contribution in [0.1, 0.15) is 0 Å². The molecule has 1 saturated heterocycles. The SMILES string of the molecule is C[Si](C)(C)/C(=C\N1CCOC1=O)[Si](C)(C)c1ccccc1. The minimum atomic E-state index is -1.77. The second-order valence-electron chi connectivity index (χ2n) is 7.09. The fourth-order valence-corrected chi connectivity index (χ4v) is 13.3. The summed E-state index contributed by atoms with van der Waals surface area (Å²) in [6.07, 6.45) is 1.91. The summed E-state index contributed by atoms with van der Waals surface area (Å²) < 4.78 is 5.07. The van der Waals surface area contributed by atoms with Gasteiger partial charge in [0.15, 0.2) is 0 Å². The second-order valence-corrected chi connectivity index (χ2v) is 17.0. The Morgan fingerprint density at radius 1 is 1.14 bits per heavy atom. The van der Waals surface area contributed by atoms with Crippen LogP contribution in [0.2, 0.25) is 32.7 Å². The van der Waals surface area contributed by atoms with Crippen LogP contribution in [0.25, 0.3) is 0 Å². The third kappa shape index (κ3) is 3.47. The molecular weight excluding hydrogens is 294 g/mol. The maximum absolute atomic E-state index is 11.8. The molecule has 2 rings (SSSR count). The normalized spacial score (nSPS) is 17.1. The van der Waals surface area contributed by atoms with Crippen molar-refractivity contribution in [1.82, 2.24) is 4.90 Å². The summed E-state index contributed by atoms with van der Waals surface area (Å²) in [5.41, 5.74) is 0. The van der Waals surface area contributed by atoms with Crippen molar-refractivity contribution in [3.63, 3.8) is 0 Å². The van der Waals surface area contributed by atoms with Gasteiger partial charge in [-0.2, -0.15) is 0 Å². The van der Waals surface area contributed by atoms with Crippen LogP contribution in [0.4, 0.5) is 4.79 Å². The molecule has 1 aliphatic rings. The molecule has 0 saturated carbocycles. The number of hydrogen-bond acceptors (Lipinski definition) is 2. The molecule has 3 nitrogen and oxygen atoms in total. The summed E-state index contributed by atoms with van der Waals surface area (Å²) in [6.45, 7) is 13.0.